The second-order valence-electron chi connectivity index (χ2n) is 5.84. The summed E-state index contributed by atoms with van der Waals surface area (Å²) < 4.78 is 11.2. The Morgan fingerprint density at radius 2 is 2.00 bits per heavy atom. The van der Waals surface area contributed by atoms with E-state index >= 15 is 0 Å². The second kappa shape index (κ2) is 5.12. The molecule has 0 radical (unpaired) electrons. The fraction of sp³-hybridized carbons (Fsp3) is 0.571. The van der Waals surface area contributed by atoms with Crippen molar-refractivity contribution in [1.82, 2.24) is 0 Å². The summed E-state index contributed by atoms with van der Waals surface area (Å²) >= 11 is 0. The van der Waals surface area contributed by atoms with Crippen molar-refractivity contribution < 1.29 is 9.15 Å². The maximum atomic E-state index is 5.89. The van der Waals surface area contributed by atoms with Crippen LogP contribution in [0.3, 0.4) is 0 Å². The SMILES string of the molecule is C#CCOCc1ccc([Si](C)(C)C(C)(C)C)o1. The van der Waals surface area contributed by atoms with Crippen molar-refractivity contribution in [3.05, 3.63) is 17.9 Å². The molecule has 0 aliphatic rings. The normalized spacial score (nSPS) is 12.5. The largest absolute Gasteiger partial charge is 0.469 e. The summed E-state index contributed by atoms with van der Waals surface area (Å²) in [6.45, 7) is 12.3. The van der Waals surface area contributed by atoms with Gasteiger partial charge in [0.25, 0.3) is 0 Å². The van der Waals surface area contributed by atoms with Gasteiger partial charge in [0.2, 0.25) is 0 Å². The first-order valence-electron chi connectivity index (χ1n) is 5.89. The Bertz CT molecular complexity index is 405. The van der Waals surface area contributed by atoms with Gasteiger partial charge >= 0.3 is 0 Å². The van der Waals surface area contributed by atoms with E-state index < -0.39 is 8.07 Å². The zero-order valence-electron chi connectivity index (χ0n) is 11.5. The van der Waals surface area contributed by atoms with Gasteiger partial charge in [-0.25, -0.2) is 0 Å². The molecule has 1 aromatic heterocycles. The molecular weight excluding hydrogens is 228 g/mol. The number of hydrogen-bond acceptors (Lipinski definition) is 2. The van der Waals surface area contributed by atoms with E-state index in [0.29, 0.717) is 13.2 Å². The molecule has 1 heterocycles. The topological polar surface area (TPSA) is 22.4 Å². The van der Waals surface area contributed by atoms with Crippen LogP contribution in [-0.4, -0.2) is 14.7 Å². The Hall–Kier alpha value is -0.983. The van der Waals surface area contributed by atoms with Crippen LogP contribution in [0.4, 0.5) is 0 Å². The molecule has 0 N–H and O–H groups in total. The third-order valence-electron chi connectivity index (χ3n) is 3.58. The molecule has 0 unspecified atom stereocenters. The fourth-order valence-electron chi connectivity index (χ4n) is 1.37. The first-order chi connectivity index (χ1) is 7.79. The Morgan fingerprint density at radius 1 is 1.35 bits per heavy atom. The van der Waals surface area contributed by atoms with E-state index in [4.69, 9.17) is 15.6 Å². The molecule has 1 rings (SSSR count). The molecule has 0 aliphatic carbocycles. The molecular formula is C14H22O2Si. The maximum Gasteiger partial charge on any atom is 0.131 e. The van der Waals surface area contributed by atoms with Gasteiger partial charge in [-0.1, -0.05) is 39.8 Å². The smallest absolute Gasteiger partial charge is 0.131 e. The predicted octanol–water partition coefficient (Wildman–Crippen LogP) is 3.14. The molecule has 0 fully saturated rings. The lowest BCUT2D eigenvalue weighted by atomic mass is 10.2. The number of terminal acetylenes is 1. The van der Waals surface area contributed by atoms with Crippen LogP contribution in [0.1, 0.15) is 26.5 Å². The van der Waals surface area contributed by atoms with Crippen LogP contribution in [0.15, 0.2) is 16.5 Å². The highest BCUT2D eigenvalue weighted by Gasteiger charge is 2.39. The van der Waals surface area contributed by atoms with Crippen molar-refractivity contribution in [1.29, 1.82) is 0 Å². The maximum absolute atomic E-state index is 5.89. The number of ether oxygens (including phenoxy) is 1. The lowest BCUT2D eigenvalue weighted by molar-refractivity contribution is 0.137. The molecule has 0 atom stereocenters. The molecule has 17 heavy (non-hydrogen) atoms. The van der Waals surface area contributed by atoms with E-state index in [2.05, 4.69) is 45.9 Å². The quantitative estimate of drug-likeness (QED) is 0.465. The average Bonchev–Trinajstić information content (AvgIpc) is 2.65. The summed E-state index contributed by atoms with van der Waals surface area (Å²) in [6.07, 6.45) is 5.13. The zero-order valence-corrected chi connectivity index (χ0v) is 12.5. The summed E-state index contributed by atoms with van der Waals surface area (Å²) in [5.41, 5.74) is 0. The molecule has 0 bridgehead atoms. The Labute approximate surface area is 105 Å². The molecule has 3 heteroatoms. The molecule has 0 saturated carbocycles. The van der Waals surface area contributed by atoms with E-state index in [-0.39, 0.29) is 5.04 Å². The standard InChI is InChI=1S/C14H22O2Si/c1-7-10-15-11-12-8-9-13(16-12)17(5,6)14(2,3)4/h1,8-9H,10-11H2,2-6H3. The highest BCUT2D eigenvalue weighted by Crippen LogP contribution is 2.35. The molecule has 0 spiro atoms. The van der Waals surface area contributed by atoms with Gasteiger partial charge in [0, 0.05) is 0 Å². The minimum absolute atomic E-state index is 0.280. The first kappa shape index (κ1) is 14.1. The van der Waals surface area contributed by atoms with Crippen LogP contribution in [0.5, 0.6) is 0 Å². The number of rotatable bonds is 4. The van der Waals surface area contributed by atoms with Gasteiger partial charge in [-0.15, -0.1) is 6.42 Å². The van der Waals surface area contributed by atoms with Crippen molar-refractivity contribution in [2.75, 3.05) is 6.61 Å². The van der Waals surface area contributed by atoms with E-state index in [1.807, 2.05) is 6.07 Å². The predicted molar refractivity (Wildman–Crippen MR) is 74.0 cm³/mol. The van der Waals surface area contributed by atoms with Crippen LogP contribution in [0, 0.1) is 12.3 Å². The lowest BCUT2D eigenvalue weighted by Gasteiger charge is -2.34. The van der Waals surface area contributed by atoms with E-state index in [0.717, 1.165) is 11.1 Å². The summed E-state index contributed by atoms with van der Waals surface area (Å²) in [5, 5.41) is 1.41. The summed E-state index contributed by atoms with van der Waals surface area (Å²) in [5.74, 6) is 3.31. The molecule has 0 aromatic carbocycles. The summed E-state index contributed by atoms with van der Waals surface area (Å²) in [6, 6.07) is 4.08. The summed E-state index contributed by atoms with van der Waals surface area (Å²) in [4.78, 5) is 0. The minimum atomic E-state index is -1.57. The van der Waals surface area contributed by atoms with Crippen molar-refractivity contribution in [3.63, 3.8) is 0 Å². The average molecular weight is 250 g/mol. The van der Waals surface area contributed by atoms with Crippen LogP contribution < -0.4 is 5.38 Å². The number of furan rings is 1. The van der Waals surface area contributed by atoms with Crippen molar-refractivity contribution in [2.45, 2.75) is 45.5 Å². The fourth-order valence-corrected chi connectivity index (χ4v) is 3.00. The van der Waals surface area contributed by atoms with Crippen LogP contribution >= 0.6 is 0 Å². The molecule has 0 saturated heterocycles. The van der Waals surface area contributed by atoms with Gasteiger partial charge in [0.05, 0.1) is 5.38 Å². The Kier molecular flexibility index (Phi) is 4.24. The van der Waals surface area contributed by atoms with E-state index in [1.54, 1.807) is 0 Å². The molecule has 0 amide bonds. The molecule has 94 valence electrons. The van der Waals surface area contributed by atoms with Gasteiger partial charge in [-0.05, 0) is 17.2 Å². The lowest BCUT2D eigenvalue weighted by Crippen LogP contribution is -2.48. The first-order valence-corrected chi connectivity index (χ1v) is 8.89. The Morgan fingerprint density at radius 3 is 2.53 bits per heavy atom. The van der Waals surface area contributed by atoms with Crippen LogP contribution in [0.25, 0.3) is 0 Å². The molecule has 1 aromatic rings. The van der Waals surface area contributed by atoms with Gasteiger partial charge in [-0.3, -0.25) is 0 Å². The van der Waals surface area contributed by atoms with Crippen molar-refractivity contribution in [3.8, 4) is 12.3 Å². The van der Waals surface area contributed by atoms with Crippen LogP contribution in [-0.2, 0) is 11.3 Å². The second-order valence-corrected chi connectivity index (χ2v) is 11.1. The zero-order chi connectivity index (χ0) is 13.1. The van der Waals surface area contributed by atoms with Crippen molar-refractivity contribution in [2.24, 2.45) is 0 Å². The third-order valence-corrected chi connectivity index (χ3v) is 8.83. The summed E-state index contributed by atoms with van der Waals surface area (Å²) in [7, 11) is -1.57. The molecule has 0 aliphatic heterocycles. The Balaban J connectivity index is 2.78. The van der Waals surface area contributed by atoms with Crippen molar-refractivity contribution >= 4 is 13.5 Å². The van der Waals surface area contributed by atoms with E-state index in [9.17, 15) is 0 Å². The van der Waals surface area contributed by atoms with Gasteiger partial charge in [0.15, 0.2) is 0 Å². The third kappa shape index (κ3) is 3.24. The van der Waals surface area contributed by atoms with Crippen LogP contribution in [0.2, 0.25) is 18.1 Å². The van der Waals surface area contributed by atoms with Gasteiger partial charge in [-0.2, -0.15) is 0 Å². The van der Waals surface area contributed by atoms with Gasteiger partial charge in [0.1, 0.15) is 27.0 Å². The number of hydrogen-bond donors (Lipinski definition) is 0. The van der Waals surface area contributed by atoms with E-state index in [1.165, 1.54) is 0 Å². The monoisotopic (exact) mass is 250 g/mol. The van der Waals surface area contributed by atoms with Gasteiger partial charge < -0.3 is 9.15 Å². The minimum Gasteiger partial charge on any atom is -0.469 e. The highest BCUT2D eigenvalue weighted by atomic mass is 28.3. The molecule has 2 nitrogen and oxygen atoms in total. The highest BCUT2D eigenvalue weighted by molar-refractivity contribution is 6.91.